The molecule has 0 radical (unpaired) electrons. The van der Waals surface area contributed by atoms with Crippen molar-refractivity contribution in [3.8, 4) is 11.1 Å². The van der Waals surface area contributed by atoms with Crippen molar-refractivity contribution >= 4 is 14.0 Å². The summed E-state index contributed by atoms with van der Waals surface area (Å²) in [6, 6.07) is 24.8. The zero-order valence-corrected chi connectivity index (χ0v) is 22.4. The Morgan fingerprint density at radius 2 is 1.69 bits per heavy atom. The van der Waals surface area contributed by atoms with E-state index in [0.717, 1.165) is 12.8 Å². The number of rotatable bonds is 4. The first kappa shape index (κ1) is 28.4. The zero-order chi connectivity index (χ0) is 18.5. The molecule has 1 aliphatic carbocycles. The Balaban J connectivity index is 0.000000496. The third kappa shape index (κ3) is 6.71. The third-order valence-electron chi connectivity index (χ3n) is 5.21. The molecule has 1 N–H and O–H groups in total. The van der Waals surface area contributed by atoms with Gasteiger partial charge in [0, 0.05) is 15.4 Å². The van der Waals surface area contributed by atoms with E-state index in [-0.39, 0.29) is 51.0 Å². The van der Waals surface area contributed by atoms with Crippen LogP contribution in [0.5, 0.6) is 0 Å². The summed E-state index contributed by atoms with van der Waals surface area (Å²) < 4.78 is 0. The van der Waals surface area contributed by atoms with Gasteiger partial charge in [0.1, 0.15) is 0 Å². The van der Waals surface area contributed by atoms with Crippen molar-refractivity contribution in [3.05, 3.63) is 83.4 Å². The average Bonchev–Trinajstić information content (AvgIpc) is 3.25. The minimum Gasteiger partial charge on any atom is -1.00 e. The molecule has 1 nitrogen and oxygen atoms in total. The Kier molecular flexibility index (Phi) is 13.4. The van der Waals surface area contributed by atoms with Crippen LogP contribution in [-0.4, -0.2) is 20.5 Å². The molecule has 1 unspecified atom stereocenters. The van der Waals surface area contributed by atoms with Crippen LogP contribution in [0, 0.1) is 6.07 Å². The summed E-state index contributed by atoms with van der Waals surface area (Å²) >= 11 is 0. The van der Waals surface area contributed by atoms with Crippen LogP contribution >= 0.6 is 0 Å². The molecule has 0 spiro atoms. The number of aliphatic hydroxyl groups excluding tert-OH is 1. The minimum absolute atomic E-state index is 0. The summed E-state index contributed by atoms with van der Waals surface area (Å²) in [5.41, 5.74) is 6.98. The second-order valence-electron chi connectivity index (χ2n) is 7.29. The van der Waals surface area contributed by atoms with Gasteiger partial charge in [0.15, 0.2) is 0 Å². The maximum Gasteiger partial charge on any atom is 4.00 e. The maximum atomic E-state index is 8.71. The molecule has 5 heteroatoms. The quantitative estimate of drug-likeness (QED) is 0.332. The molecular weight excluding hydrogens is 494 g/mol. The van der Waals surface area contributed by atoms with Gasteiger partial charge in [-0.2, -0.15) is 41.1 Å². The summed E-state index contributed by atoms with van der Waals surface area (Å²) in [6.45, 7) is 7.25. The number of hydrogen-bond acceptors (Lipinski definition) is 1. The summed E-state index contributed by atoms with van der Waals surface area (Å²) in [5, 5.41) is 10.3. The van der Waals surface area contributed by atoms with Crippen molar-refractivity contribution < 1.29 is 56.1 Å². The van der Waals surface area contributed by atoms with Crippen LogP contribution in [0.15, 0.2) is 60.7 Å². The van der Waals surface area contributed by atoms with E-state index in [1.165, 1.54) is 27.8 Å². The van der Waals surface area contributed by atoms with Gasteiger partial charge in [0.2, 0.25) is 0 Å². The fraction of sp³-hybridized carbons (Fsp3) is 0.292. The molecule has 29 heavy (non-hydrogen) atoms. The first-order valence-corrected chi connectivity index (χ1v) is 12.5. The maximum absolute atomic E-state index is 8.71. The van der Waals surface area contributed by atoms with Crippen molar-refractivity contribution in [2.75, 3.05) is 6.61 Å². The Hall–Kier alpha value is -0.570. The van der Waals surface area contributed by atoms with Crippen LogP contribution in [0.3, 0.4) is 0 Å². The van der Waals surface area contributed by atoms with E-state index in [9.17, 15) is 0 Å². The second kappa shape index (κ2) is 13.7. The smallest absolute Gasteiger partial charge is 1.00 e. The van der Waals surface area contributed by atoms with Crippen LogP contribution in [0.1, 0.15) is 36.0 Å². The van der Waals surface area contributed by atoms with Crippen LogP contribution in [0.2, 0.25) is 13.1 Å². The molecule has 0 aliphatic heterocycles. The van der Waals surface area contributed by atoms with E-state index in [0.29, 0.717) is 12.5 Å². The molecule has 1 aliphatic rings. The van der Waals surface area contributed by atoms with Gasteiger partial charge < -0.3 is 29.9 Å². The van der Waals surface area contributed by atoms with Gasteiger partial charge in [-0.25, -0.2) is 12.1 Å². The Morgan fingerprint density at radius 3 is 2.38 bits per heavy atom. The normalized spacial score (nSPS) is 13.1. The molecule has 1 atom stereocenters. The van der Waals surface area contributed by atoms with E-state index in [1.54, 1.807) is 5.19 Å². The molecule has 3 aromatic rings. The molecule has 0 amide bonds. The van der Waals surface area contributed by atoms with Gasteiger partial charge in [-0.1, -0.05) is 49.8 Å². The SMILES string of the molecule is CC1c2[c-]cccc2-c2ccccc21.C[SiH](C)[c-]1cccc1CCCO.[Cl-].[Cl-].[Zr+4]. The van der Waals surface area contributed by atoms with Crippen LogP contribution < -0.4 is 30.0 Å². The van der Waals surface area contributed by atoms with E-state index in [1.807, 2.05) is 6.07 Å². The zero-order valence-electron chi connectivity index (χ0n) is 17.3. The molecule has 4 rings (SSSR count). The predicted molar refractivity (Wildman–Crippen MR) is 114 cm³/mol. The molecule has 0 saturated carbocycles. The summed E-state index contributed by atoms with van der Waals surface area (Å²) in [4.78, 5) is 0. The molecule has 0 bridgehead atoms. The standard InChI is InChI=1S/C14H11.C10H17OSi.2ClH.Zr/c1-10-11-6-2-4-8-13(11)14-9-5-3-7-12(10)14;1-12(2)10-7-3-5-9(10)6-4-8-11;;;/h2-6,8-10H,1H3;3,5,7,11-12H,4,6,8H2,1-2H3;2*1H;/q2*-1;;;+4/p-2. The van der Waals surface area contributed by atoms with E-state index >= 15 is 0 Å². The number of aliphatic hydroxyl groups is 1. The largest absolute Gasteiger partial charge is 4.00 e. The van der Waals surface area contributed by atoms with E-state index in [2.05, 4.69) is 80.7 Å². The van der Waals surface area contributed by atoms with Gasteiger partial charge in [-0.15, -0.1) is 11.1 Å². The first-order valence-electron chi connectivity index (χ1n) is 9.58. The second-order valence-corrected chi connectivity index (χ2v) is 10.2. The van der Waals surface area contributed by atoms with Crippen molar-refractivity contribution in [1.29, 1.82) is 0 Å². The van der Waals surface area contributed by atoms with Crippen LogP contribution in [0.4, 0.5) is 0 Å². The molecule has 3 aromatic carbocycles. The van der Waals surface area contributed by atoms with Crippen molar-refractivity contribution in [2.45, 2.75) is 38.8 Å². The van der Waals surface area contributed by atoms with Crippen LogP contribution in [-0.2, 0) is 32.6 Å². The van der Waals surface area contributed by atoms with Crippen molar-refractivity contribution in [3.63, 3.8) is 0 Å². The minimum atomic E-state index is -0.644. The van der Waals surface area contributed by atoms with E-state index in [4.69, 9.17) is 5.11 Å². The topological polar surface area (TPSA) is 20.2 Å². The molecule has 0 saturated heterocycles. The Morgan fingerprint density at radius 1 is 1.00 bits per heavy atom. The van der Waals surface area contributed by atoms with Gasteiger partial charge in [0.25, 0.3) is 0 Å². The number of hydrogen-bond donors (Lipinski definition) is 1. The molecule has 0 heterocycles. The fourth-order valence-electron chi connectivity index (χ4n) is 3.85. The average molecular weight is 523 g/mol. The molecule has 152 valence electrons. The number of halogens is 2. The third-order valence-corrected chi connectivity index (χ3v) is 7.02. The molecule has 0 fully saturated rings. The van der Waals surface area contributed by atoms with E-state index < -0.39 is 8.80 Å². The summed E-state index contributed by atoms with van der Waals surface area (Å²) in [5.74, 6) is 0.502. The Bertz CT molecular complexity index is 818. The van der Waals surface area contributed by atoms with Crippen molar-refractivity contribution in [2.24, 2.45) is 0 Å². The van der Waals surface area contributed by atoms with Crippen LogP contribution in [0.25, 0.3) is 11.1 Å². The summed E-state index contributed by atoms with van der Waals surface area (Å²) in [7, 11) is -0.644. The van der Waals surface area contributed by atoms with Gasteiger partial charge in [-0.05, 0) is 24.3 Å². The van der Waals surface area contributed by atoms with Gasteiger partial charge >= 0.3 is 26.2 Å². The number of fused-ring (bicyclic) bond motifs is 3. The number of benzene rings is 2. The summed E-state index contributed by atoms with van der Waals surface area (Å²) in [6.07, 6.45) is 1.95. The number of aryl methyl sites for hydroxylation is 1. The fourth-order valence-corrected chi connectivity index (χ4v) is 5.33. The van der Waals surface area contributed by atoms with Crippen molar-refractivity contribution in [1.82, 2.24) is 0 Å². The molecule has 0 aromatic heterocycles. The Labute approximate surface area is 208 Å². The molecular formula is C24H28Cl2OSiZr. The van der Waals surface area contributed by atoms with Gasteiger partial charge in [0.05, 0.1) is 0 Å². The first-order chi connectivity index (χ1) is 12.6. The monoisotopic (exact) mass is 520 g/mol. The predicted octanol–water partition coefficient (Wildman–Crippen LogP) is -1.35. The van der Waals surface area contributed by atoms with Gasteiger partial charge in [-0.3, -0.25) is 0 Å².